The number of pyridine rings is 1. The summed E-state index contributed by atoms with van der Waals surface area (Å²) in [6.45, 7) is 3.37. The molecule has 114 valence electrons. The molecule has 0 unspecified atom stereocenters. The minimum atomic E-state index is -3.63. The molecule has 0 radical (unpaired) electrons. The minimum Gasteiger partial charge on any atom is -0.326 e. The first-order chi connectivity index (χ1) is 9.28. The molecule has 8 heteroatoms. The largest absolute Gasteiger partial charge is 0.326 e. The third-order valence-electron chi connectivity index (χ3n) is 2.83. The van der Waals surface area contributed by atoms with Crippen LogP contribution >= 0.6 is 11.6 Å². The van der Waals surface area contributed by atoms with Crippen molar-refractivity contribution in [3.63, 3.8) is 0 Å². The highest BCUT2D eigenvalue weighted by molar-refractivity contribution is 7.89. The van der Waals surface area contributed by atoms with Gasteiger partial charge in [0.2, 0.25) is 10.0 Å². The number of aromatic nitrogens is 1. The Balaban J connectivity index is 2.93. The fourth-order valence-electron chi connectivity index (χ4n) is 1.75. The van der Waals surface area contributed by atoms with Crippen LogP contribution in [0.2, 0.25) is 5.02 Å². The molecule has 1 rings (SSSR count). The highest BCUT2D eigenvalue weighted by Crippen LogP contribution is 2.16. The zero-order valence-corrected chi connectivity index (χ0v) is 13.5. The highest BCUT2D eigenvalue weighted by Gasteiger charge is 2.23. The lowest BCUT2D eigenvalue weighted by Gasteiger charge is -2.21. The molecular formula is C12H20ClN3O3S. The summed E-state index contributed by atoms with van der Waals surface area (Å²) in [4.78, 5) is 15.5. The van der Waals surface area contributed by atoms with Crippen LogP contribution in [-0.2, 0) is 10.0 Å². The van der Waals surface area contributed by atoms with Crippen LogP contribution in [-0.4, -0.2) is 56.3 Å². The molecule has 20 heavy (non-hydrogen) atoms. The van der Waals surface area contributed by atoms with Gasteiger partial charge in [0.05, 0.1) is 4.90 Å². The molecule has 1 N–H and O–H groups in total. The normalized spacial score (nSPS) is 12.3. The molecule has 0 aliphatic heterocycles. The Bertz CT molecular complexity index is 598. The summed E-state index contributed by atoms with van der Waals surface area (Å²) in [7, 11) is 0.246. The van der Waals surface area contributed by atoms with Gasteiger partial charge in [0.15, 0.2) is 0 Å². The molecule has 1 aromatic heterocycles. The number of halogens is 1. The predicted molar refractivity (Wildman–Crippen MR) is 79.7 cm³/mol. The van der Waals surface area contributed by atoms with E-state index in [4.69, 9.17) is 11.6 Å². The fourth-order valence-corrected chi connectivity index (χ4v) is 3.47. The fraction of sp³-hybridized carbons (Fsp3) is 0.583. The first-order valence-electron chi connectivity index (χ1n) is 6.32. The molecule has 0 saturated heterocycles. The topological polar surface area (TPSA) is 73.5 Å². The van der Waals surface area contributed by atoms with Crippen molar-refractivity contribution in [3.8, 4) is 0 Å². The van der Waals surface area contributed by atoms with Gasteiger partial charge in [-0.05, 0) is 33.1 Å². The smallest absolute Gasteiger partial charge is 0.266 e. The Morgan fingerprint density at radius 2 is 1.95 bits per heavy atom. The summed E-state index contributed by atoms with van der Waals surface area (Å²) in [5.41, 5.74) is -0.499. The molecule has 0 saturated carbocycles. The molecule has 0 bridgehead atoms. The zero-order chi connectivity index (χ0) is 15.3. The van der Waals surface area contributed by atoms with Crippen molar-refractivity contribution in [2.75, 3.05) is 33.7 Å². The van der Waals surface area contributed by atoms with Crippen LogP contribution in [0.5, 0.6) is 0 Å². The van der Waals surface area contributed by atoms with Crippen molar-refractivity contribution < 1.29 is 8.42 Å². The summed E-state index contributed by atoms with van der Waals surface area (Å²) < 4.78 is 26.2. The van der Waals surface area contributed by atoms with E-state index in [-0.39, 0.29) is 9.92 Å². The molecule has 6 nitrogen and oxygen atoms in total. The zero-order valence-electron chi connectivity index (χ0n) is 11.9. The van der Waals surface area contributed by atoms with Gasteiger partial charge >= 0.3 is 0 Å². The summed E-state index contributed by atoms with van der Waals surface area (Å²) in [5, 5.41) is -0.129. The van der Waals surface area contributed by atoms with E-state index in [2.05, 4.69) is 4.98 Å². The van der Waals surface area contributed by atoms with Crippen LogP contribution in [0.25, 0.3) is 0 Å². The second-order valence-electron chi connectivity index (χ2n) is 4.67. The van der Waals surface area contributed by atoms with Gasteiger partial charge in [-0.1, -0.05) is 18.5 Å². The van der Waals surface area contributed by atoms with E-state index in [0.717, 1.165) is 13.0 Å². The summed E-state index contributed by atoms with van der Waals surface area (Å²) in [5.74, 6) is 0. The molecule has 1 aromatic rings. The van der Waals surface area contributed by atoms with E-state index in [1.165, 1.54) is 16.6 Å². The van der Waals surface area contributed by atoms with Crippen LogP contribution < -0.4 is 5.56 Å². The maximum Gasteiger partial charge on any atom is 0.266 e. The van der Waals surface area contributed by atoms with Crippen molar-refractivity contribution in [2.24, 2.45) is 0 Å². The lowest BCUT2D eigenvalue weighted by atomic mass is 10.4. The standard InChI is InChI=1S/C12H20ClN3O3S/c1-4-16(7-5-6-15(2)3)20(18,19)10-8-11(13)12(17)14-9-10/h8-9H,4-7H2,1-3H3,(H,14,17). The Labute approximate surface area is 124 Å². The van der Waals surface area contributed by atoms with E-state index in [1.807, 2.05) is 19.0 Å². The lowest BCUT2D eigenvalue weighted by Crippen LogP contribution is -2.33. The van der Waals surface area contributed by atoms with Crippen molar-refractivity contribution in [3.05, 3.63) is 27.6 Å². The number of nitrogens with one attached hydrogen (secondary N) is 1. The lowest BCUT2D eigenvalue weighted by molar-refractivity contribution is 0.356. The summed E-state index contributed by atoms with van der Waals surface area (Å²) in [6.07, 6.45) is 1.91. The average Bonchev–Trinajstić information content (AvgIpc) is 2.37. The number of hydrogen-bond donors (Lipinski definition) is 1. The number of sulfonamides is 1. The maximum atomic E-state index is 12.4. The predicted octanol–water partition coefficient (Wildman–Crippen LogP) is 0.991. The van der Waals surface area contributed by atoms with E-state index >= 15 is 0 Å². The minimum absolute atomic E-state index is 0.00815. The SMILES string of the molecule is CCN(CCCN(C)C)S(=O)(=O)c1c[nH]c(=O)c(Cl)c1. The van der Waals surface area contributed by atoms with Crippen molar-refractivity contribution in [1.29, 1.82) is 0 Å². The molecule has 0 aromatic carbocycles. The van der Waals surface area contributed by atoms with Gasteiger partial charge in [-0.3, -0.25) is 4.79 Å². The summed E-state index contributed by atoms with van der Waals surface area (Å²) in [6, 6.07) is 1.18. The quantitative estimate of drug-likeness (QED) is 0.813. The van der Waals surface area contributed by atoms with Crippen molar-refractivity contribution in [1.82, 2.24) is 14.2 Å². The second kappa shape index (κ2) is 7.21. The van der Waals surface area contributed by atoms with Gasteiger partial charge in [0.25, 0.3) is 5.56 Å². The number of nitrogens with zero attached hydrogens (tertiary/aromatic N) is 2. The van der Waals surface area contributed by atoms with Gasteiger partial charge in [0.1, 0.15) is 5.02 Å². The Kier molecular flexibility index (Phi) is 6.19. The van der Waals surface area contributed by atoms with Gasteiger partial charge in [-0.2, -0.15) is 4.31 Å². The van der Waals surface area contributed by atoms with Gasteiger partial charge in [-0.25, -0.2) is 8.42 Å². The van der Waals surface area contributed by atoms with Crippen LogP contribution in [0.3, 0.4) is 0 Å². The number of H-pyrrole nitrogens is 1. The van der Waals surface area contributed by atoms with E-state index in [1.54, 1.807) is 6.92 Å². The molecule has 0 atom stereocenters. The maximum absolute atomic E-state index is 12.4. The highest BCUT2D eigenvalue weighted by atomic mass is 35.5. The Hall–Kier alpha value is -0.890. The van der Waals surface area contributed by atoms with Crippen LogP contribution in [0.15, 0.2) is 22.0 Å². The van der Waals surface area contributed by atoms with Crippen LogP contribution in [0.4, 0.5) is 0 Å². The van der Waals surface area contributed by atoms with Crippen molar-refractivity contribution in [2.45, 2.75) is 18.2 Å². The number of hydrogen-bond acceptors (Lipinski definition) is 4. The van der Waals surface area contributed by atoms with Gasteiger partial charge in [0, 0.05) is 19.3 Å². The number of rotatable bonds is 7. The van der Waals surface area contributed by atoms with Crippen LogP contribution in [0.1, 0.15) is 13.3 Å². The van der Waals surface area contributed by atoms with E-state index in [0.29, 0.717) is 13.1 Å². The molecule has 0 aliphatic carbocycles. The van der Waals surface area contributed by atoms with E-state index in [9.17, 15) is 13.2 Å². The van der Waals surface area contributed by atoms with Crippen LogP contribution in [0, 0.1) is 0 Å². The first-order valence-corrected chi connectivity index (χ1v) is 8.14. The average molecular weight is 322 g/mol. The second-order valence-corrected chi connectivity index (χ2v) is 7.01. The molecular weight excluding hydrogens is 302 g/mol. The first kappa shape index (κ1) is 17.2. The molecule has 0 aliphatic rings. The Morgan fingerprint density at radius 1 is 1.30 bits per heavy atom. The molecule has 0 amide bonds. The summed E-state index contributed by atoms with van der Waals surface area (Å²) >= 11 is 5.68. The molecule has 0 fully saturated rings. The monoisotopic (exact) mass is 321 g/mol. The van der Waals surface area contributed by atoms with E-state index < -0.39 is 15.6 Å². The van der Waals surface area contributed by atoms with Crippen molar-refractivity contribution >= 4 is 21.6 Å². The Morgan fingerprint density at radius 3 is 2.45 bits per heavy atom. The van der Waals surface area contributed by atoms with Gasteiger partial charge < -0.3 is 9.88 Å². The van der Waals surface area contributed by atoms with Gasteiger partial charge in [-0.15, -0.1) is 0 Å². The number of aromatic amines is 1. The third-order valence-corrected chi connectivity index (χ3v) is 5.07. The molecule has 1 heterocycles. The third kappa shape index (κ3) is 4.31. The molecule has 0 spiro atoms.